The lowest BCUT2D eigenvalue weighted by atomic mass is 10.1. The maximum atomic E-state index is 12.0. The molecule has 0 saturated carbocycles. The summed E-state index contributed by atoms with van der Waals surface area (Å²) in [6.07, 6.45) is 0.554. The van der Waals surface area contributed by atoms with Crippen LogP contribution in [-0.4, -0.2) is 29.2 Å². The Morgan fingerprint density at radius 2 is 2.39 bits per heavy atom. The van der Waals surface area contributed by atoms with E-state index in [9.17, 15) is 4.79 Å². The van der Waals surface area contributed by atoms with Crippen LogP contribution in [0.2, 0.25) is 0 Å². The standard InChI is InChI=1S/C13H16N4O/c1-8-11-5-10(2-3-12(11)16-15-8)17-7-9(6-14)4-13(17)18/h2-3,5,9H,4,6-7,14H2,1H3,(H,15,16). The Kier molecular flexibility index (Phi) is 2.56. The topological polar surface area (TPSA) is 75.0 Å². The Bertz CT molecular complexity index is 604. The number of aromatic amines is 1. The van der Waals surface area contributed by atoms with Gasteiger partial charge in [0.1, 0.15) is 0 Å². The molecule has 2 heterocycles. The molecule has 0 aliphatic carbocycles. The maximum absolute atomic E-state index is 12.0. The van der Waals surface area contributed by atoms with E-state index in [-0.39, 0.29) is 11.8 Å². The van der Waals surface area contributed by atoms with Crippen LogP contribution in [-0.2, 0) is 4.79 Å². The molecule has 0 radical (unpaired) electrons. The molecule has 1 atom stereocenters. The maximum Gasteiger partial charge on any atom is 0.227 e. The smallest absolute Gasteiger partial charge is 0.227 e. The highest BCUT2D eigenvalue weighted by atomic mass is 16.2. The lowest BCUT2D eigenvalue weighted by molar-refractivity contribution is -0.117. The number of aryl methyl sites for hydroxylation is 1. The number of rotatable bonds is 2. The molecule has 1 aliphatic heterocycles. The number of aromatic nitrogens is 2. The van der Waals surface area contributed by atoms with Crippen molar-refractivity contribution < 1.29 is 4.79 Å². The number of carbonyl (C=O) groups is 1. The number of carbonyl (C=O) groups excluding carboxylic acids is 1. The Labute approximate surface area is 105 Å². The van der Waals surface area contributed by atoms with Gasteiger partial charge in [-0.1, -0.05) is 0 Å². The molecule has 1 aromatic carbocycles. The highest BCUT2D eigenvalue weighted by molar-refractivity contribution is 5.98. The molecule has 3 rings (SSSR count). The van der Waals surface area contributed by atoms with Crippen molar-refractivity contribution in [2.24, 2.45) is 11.7 Å². The van der Waals surface area contributed by atoms with E-state index in [0.717, 1.165) is 28.8 Å². The average Bonchev–Trinajstić information content (AvgIpc) is 2.93. The van der Waals surface area contributed by atoms with Crippen LogP contribution in [0.15, 0.2) is 18.2 Å². The minimum Gasteiger partial charge on any atom is -0.330 e. The van der Waals surface area contributed by atoms with Gasteiger partial charge in [-0.3, -0.25) is 9.89 Å². The monoisotopic (exact) mass is 244 g/mol. The van der Waals surface area contributed by atoms with Crippen molar-refractivity contribution in [2.75, 3.05) is 18.0 Å². The van der Waals surface area contributed by atoms with E-state index in [4.69, 9.17) is 5.73 Å². The second-order valence-corrected chi connectivity index (χ2v) is 4.86. The summed E-state index contributed by atoms with van der Waals surface area (Å²) < 4.78 is 0. The first-order valence-electron chi connectivity index (χ1n) is 6.14. The second-order valence-electron chi connectivity index (χ2n) is 4.86. The number of benzene rings is 1. The number of anilines is 1. The summed E-state index contributed by atoms with van der Waals surface area (Å²) in [5.74, 6) is 0.435. The van der Waals surface area contributed by atoms with Crippen molar-refractivity contribution in [1.82, 2.24) is 10.2 Å². The number of nitrogens with zero attached hydrogens (tertiary/aromatic N) is 2. The third kappa shape index (κ3) is 1.67. The molecule has 1 unspecified atom stereocenters. The Morgan fingerprint density at radius 3 is 3.11 bits per heavy atom. The number of nitrogens with one attached hydrogen (secondary N) is 1. The first kappa shape index (κ1) is 11.2. The Morgan fingerprint density at radius 1 is 1.56 bits per heavy atom. The van der Waals surface area contributed by atoms with E-state index < -0.39 is 0 Å². The third-order valence-electron chi connectivity index (χ3n) is 3.58. The molecule has 0 spiro atoms. The third-order valence-corrected chi connectivity index (χ3v) is 3.58. The molecule has 2 aromatic rings. The molecule has 5 nitrogen and oxygen atoms in total. The molecule has 1 aliphatic rings. The summed E-state index contributed by atoms with van der Waals surface area (Å²) in [4.78, 5) is 13.8. The van der Waals surface area contributed by atoms with E-state index in [1.165, 1.54) is 0 Å². The van der Waals surface area contributed by atoms with E-state index in [0.29, 0.717) is 13.0 Å². The number of hydrogen-bond donors (Lipinski definition) is 2. The normalized spacial score (nSPS) is 20.0. The highest BCUT2D eigenvalue weighted by Gasteiger charge is 2.29. The van der Waals surface area contributed by atoms with Gasteiger partial charge in [0, 0.05) is 29.7 Å². The molecular weight excluding hydrogens is 228 g/mol. The minimum absolute atomic E-state index is 0.158. The van der Waals surface area contributed by atoms with Crippen molar-refractivity contribution in [3.05, 3.63) is 23.9 Å². The van der Waals surface area contributed by atoms with Crippen molar-refractivity contribution in [1.29, 1.82) is 0 Å². The fraction of sp³-hybridized carbons (Fsp3) is 0.385. The lowest BCUT2D eigenvalue weighted by Crippen LogP contribution is -2.25. The summed E-state index contributed by atoms with van der Waals surface area (Å²) >= 11 is 0. The summed E-state index contributed by atoms with van der Waals surface area (Å²) in [5, 5.41) is 8.21. The van der Waals surface area contributed by atoms with Crippen LogP contribution in [0.5, 0.6) is 0 Å². The second kappa shape index (κ2) is 4.10. The molecule has 3 N–H and O–H groups in total. The van der Waals surface area contributed by atoms with Crippen LogP contribution < -0.4 is 10.6 Å². The largest absolute Gasteiger partial charge is 0.330 e. The first-order chi connectivity index (χ1) is 8.69. The predicted octanol–water partition coefficient (Wildman–Crippen LogP) is 1.18. The summed E-state index contributed by atoms with van der Waals surface area (Å²) in [7, 11) is 0. The van der Waals surface area contributed by atoms with Gasteiger partial charge in [-0.2, -0.15) is 5.10 Å². The van der Waals surface area contributed by atoms with E-state index in [2.05, 4.69) is 10.2 Å². The fourth-order valence-electron chi connectivity index (χ4n) is 2.48. The van der Waals surface area contributed by atoms with Gasteiger partial charge in [-0.05, 0) is 37.6 Å². The molecular formula is C13H16N4O. The molecule has 18 heavy (non-hydrogen) atoms. The molecule has 0 bridgehead atoms. The van der Waals surface area contributed by atoms with Gasteiger partial charge >= 0.3 is 0 Å². The first-order valence-corrected chi connectivity index (χ1v) is 6.14. The minimum atomic E-state index is 0.158. The van der Waals surface area contributed by atoms with Crippen molar-refractivity contribution >= 4 is 22.5 Å². The van der Waals surface area contributed by atoms with Gasteiger partial charge < -0.3 is 10.6 Å². The van der Waals surface area contributed by atoms with Crippen LogP contribution in [0.25, 0.3) is 10.9 Å². The summed E-state index contributed by atoms with van der Waals surface area (Å²) in [6.45, 7) is 3.26. The molecule has 1 amide bonds. The van der Waals surface area contributed by atoms with Crippen LogP contribution in [0, 0.1) is 12.8 Å². The van der Waals surface area contributed by atoms with E-state index >= 15 is 0 Å². The number of fused-ring (bicyclic) bond motifs is 1. The molecule has 1 saturated heterocycles. The number of amides is 1. The average molecular weight is 244 g/mol. The van der Waals surface area contributed by atoms with Gasteiger partial charge in [-0.15, -0.1) is 0 Å². The van der Waals surface area contributed by atoms with Crippen LogP contribution in [0.3, 0.4) is 0 Å². The zero-order valence-corrected chi connectivity index (χ0v) is 10.3. The summed E-state index contributed by atoms with van der Waals surface area (Å²) in [6, 6.07) is 5.90. The molecule has 94 valence electrons. The zero-order chi connectivity index (χ0) is 12.7. The number of H-pyrrole nitrogens is 1. The van der Waals surface area contributed by atoms with Gasteiger partial charge in [0.05, 0.1) is 5.52 Å². The highest BCUT2D eigenvalue weighted by Crippen LogP contribution is 2.28. The quantitative estimate of drug-likeness (QED) is 0.833. The van der Waals surface area contributed by atoms with Crippen molar-refractivity contribution in [2.45, 2.75) is 13.3 Å². The van der Waals surface area contributed by atoms with Gasteiger partial charge in [-0.25, -0.2) is 0 Å². The number of hydrogen-bond acceptors (Lipinski definition) is 3. The fourth-order valence-corrected chi connectivity index (χ4v) is 2.48. The Hall–Kier alpha value is -1.88. The summed E-state index contributed by atoms with van der Waals surface area (Å²) in [5.41, 5.74) is 8.53. The predicted molar refractivity (Wildman–Crippen MR) is 70.3 cm³/mol. The molecule has 1 fully saturated rings. The van der Waals surface area contributed by atoms with Crippen LogP contribution in [0.1, 0.15) is 12.1 Å². The molecule has 1 aromatic heterocycles. The van der Waals surface area contributed by atoms with Crippen molar-refractivity contribution in [3.8, 4) is 0 Å². The van der Waals surface area contributed by atoms with E-state index in [1.54, 1.807) is 0 Å². The van der Waals surface area contributed by atoms with Gasteiger partial charge in [0.2, 0.25) is 5.91 Å². The van der Waals surface area contributed by atoms with Crippen LogP contribution >= 0.6 is 0 Å². The SMILES string of the molecule is Cc1[nH]nc2ccc(N3CC(CN)CC3=O)cc12. The van der Waals surface area contributed by atoms with Crippen LogP contribution in [0.4, 0.5) is 5.69 Å². The van der Waals surface area contributed by atoms with Gasteiger partial charge in [0.15, 0.2) is 0 Å². The zero-order valence-electron chi connectivity index (χ0n) is 10.3. The Balaban J connectivity index is 1.99. The molecule has 5 heteroatoms. The van der Waals surface area contributed by atoms with E-state index in [1.807, 2.05) is 30.0 Å². The van der Waals surface area contributed by atoms with Crippen molar-refractivity contribution in [3.63, 3.8) is 0 Å². The van der Waals surface area contributed by atoms with Gasteiger partial charge in [0.25, 0.3) is 0 Å². The lowest BCUT2D eigenvalue weighted by Gasteiger charge is -2.16. The number of nitrogens with two attached hydrogens (primary N) is 1.